The lowest BCUT2D eigenvalue weighted by molar-refractivity contribution is 0.0827. The summed E-state index contributed by atoms with van der Waals surface area (Å²) >= 11 is 0.235. The number of hydrogen-bond donors (Lipinski definition) is 1. The molecule has 25 heavy (non-hydrogen) atoms. The highest BCUT2D eigenvalue weighted by molar-refractivity contribution is 7.99. The Morgan fingerprint density at radius 1 is 1.20 bits per heavy atom. The molecule has 0 aliphatic rings. The second-order valence-corrected chi connectivity index (χ2v) is 6.29. The highest BCUT2D eigenvalue weighted by Gasteiger charge is 2.16. The Balaban J connectivity index is 2.02. The minimum absolute atomic E-state index is 0.0121. The number of rotatable bonds is 6. The predicted octanol–water partition coefficient (Wildman–Crippen LogP) is 3.03. The van der Waals surface area contributed by atoms with E-state index in [0.29, 0.717) is 5.56 Å². The first-order valence-corrected chi connectivity index (χ1v) is 8.25. The number of carbonyl (C=O) groups is 2. The van der Waals surface area contributed by atoms with Crippen LogP contribution in [-0.2, 0) is 6.54 Å². The zero-order valence-corrected chi connectivity index (χ0v) is 14.5. The van der Waals surface area contributed by atoms with Gasteiger partial charge in [-0.25, -0.2) is 4.98 Å². The molecule has 0 bridgehead atoms. The normalized spacial score (nSPS) is 10.6. The molecule has 0 aliphatic heterocycles. The fourth-order valence-electron chi connectivity index (χ4n) is 2.04. The van der Waals surface area contributed by atoms with E-state index in [4.69, 9.17) is 0 Å². The maximum atomic E-state index is 12.5. The van der Waals surface area contributed by atoms with Gasteiger partial charge in [0.15, 0.2) is 0 Å². The van der Waals surface area contributed by atoms with E-state index < -0.39 is 11.7 Å². The first-order chi connectivity index (χ1) is 11.9. The molecule has 0 fully saturated rings. The summed E-state index contributed by atoms with van der Waals surface area (Å²) < 4.78 is 25.1. The van der Waals surface area contributed by atoms with Crippen LogP contribution in [0.3, 0.4) is 0 Å². The fraction of sp³-hybridized carbons (Fsp3) is 0.235. The van der Waals surface area contributed by atoms with E-state index in [1.807, 2.05) is 0 Å². The largest absolute Gasteiger partial charge is 0.348 e. The monoisotopic (exact) mass is 365 g/mol. The minimum Gasteiger partial charge on any atom is -0.348 e. The number of benzene rings is 1. The third-order valence-corrected chi connectivity index (χ3v) is 4.00. The Bertz CT molecular complexity index is 752. The van der Waals surface area contributed by atoms with Gasteiger partial charge in [-0.05, 0) is 41.6 Å². The van der Waals surface area contributed by atoms with E-state index in [2.05, 4.69) is 10.3 Å². The highest BCUT2D eigenvalue weighted by atomic mass is 32.2. The molecular weight excluding hydrogens is 348 g/mol. The fourth-order valence-corrected chi connectivity index (χ4v) is 2.62. The molecule has 0 aliphatic carbocycles. The van der Waals surface area contributed by atoms with Crippen molar-refractivity contribution in [2.45, 2.75) is 17.3 Å². The molecule has 0 radical (unpaired) electrons. The number of nitrogens with one attached hydrogen (secondary N) is 1. The molecule has 2 amide bonds. The van der Waals surface area contributed by atoms with Crippen molar-refractivity contribution in [3.8, 4) is 0 Å². The SMILES string of the molecule is CN(C)C(=O)c1ccc(CNC(=O)c2cccnc2SC(F)F)cc1. The standard InChI is InChI=1S/C17H17F2N3O2S/c1-22(2)16(24)12-7-5-11(6-8-12)10-21-14(23)13-4-3-9-20-15(13)25-17(18)19/h3-9,17H,10H2,1-2H3,(H,21,23). The van der Waals surface area contributed by atoms with Crippen molar-refractivity contribution in [1.82, 2.24) is 15.2 Å². The van der Waals surface area contributed by atoms with Crippen molar-refractivity contribution in [3.63, 3.8) is 0 Å². The van der Waals surface area contributed by atoms with Crippen LogP contribution in [-0.4, -0.2) is 41.6 Å². The van der Waals surface area contributed by atoms with Gasteiger partial charge >= 0.3 is 0 Å². The zero-order chi connectivity index (χ0) is 18.4. The van der Waals surface area contributed by atoms with Crippen LogP contribution in [0, 0.1) is 0 Å². The van der Waals surface area contributed by atoms with Crippen LogP contribution in [0.5, 0.6) is 0 Å². The van der Waals surface area contributed by atoms with Gasteiger partial charge in [-0.3, -0.25) is 9.59 Å². The number of carbonyl (C=O) groups excluding carboxylic acids is 2. The van der Waals surface area contributed by atoms with Crippen molar-refractivity contribution in [1.29, 1.82) is 0 Å². The molecule has 1 heterocycles. The lowest BCUT2D eigenvalue weighted by Crippen LogP contribution is -2.24. The van der Waals surface area contributed by atoms with Crippen LogP contribution < -0.4 is 5.32 Å². The summed E-state index contributed by atoms with van der Waals surface area (Å²) in [5.41, 5.74) is 1.44. The van der Waals surface area contributed by atoms with Crippen molar-refractivity contribution >= 4 is 23.6 Å². The number of amides is 2. The molecule has 8 heteroatoms. The third kappa shape index (κ3) is 5.25. The van der Waals surface area contributed by atoms with Gasteiger partial charge in [0.2, 0.25) is 0 Å². The van der Waals surface area contributed by atoms with Crippen molar-refractivity contribution < 1.29 is 18.4 Å². The Labute approximate surface area is 148 Å². The molecule has 5 nitrogen and oxygen atoms in total. The lowest BCUT2D eigenvalue weighted by Gasteiger charge is -2.11. The van der Waals surface area contributed by atoms with Crippen LogP contribution in [0.15, 0.2) is 47.6 Å². The molecule has 0 saturated carbocycles. The summed E-state index contributed by atoms with van der Waals surface area (Å²) in [4.78, 5) is 29.3. The number of pyridine rings is 1. The van der Waals surface area contributed by atoms with Gasteiger partial charge < -0.3 is 10.2 Å². The predicted molar refractivity (Wildman–Crippen MR) is 91.7 cm³/mol. The van der Waals surface area contributed by atoms with E-state index >= 15 is 0 Å². The van der Waals surface area contributed by atoms with Crippen LogP contribution in [0.4, 0.5) is 8.78 Å². The Hall–Kier alpha value is -2.48. The van der Waals surface area contributed by atoms with E-state index in [0.717, 1.165) is 5.56 Å². The number of alkyl halides is 2. The average molecular weight is 365 g/mol. The van der Waals surface area contributed by atoms with E-state index in [9.17, 15) is 18.4 Å². The molecule has 1 aromatic carbocycles. The van der Waals surface area contributed by atoms with Gasteiger partial charge in [0.05, 0.1) is 5.56 Å². The van der Waals surface area contributed by atoms with E-state index in [-0.39, 0.29) is 34.8 Å². The van der Waals surface area contributed by atoms with Crippen molar-refractivity contribution in [2.75, 3.05) is 14.1 Å². The smallest absolute Gasteiger partial charge is 0.290 e. The first-order valence-electron chi connectivity index (χ1n) is 7.37. The summed E-state index contributed by atoms with van der Waals surface area (Å²) in [5.74, 6) is -3.24. The number of nitrogens with zero attached hydrogens (tertiary/aromatic N) is 2. The van der Waals surface area contributed by atoms with E-state index in [1.165, 1.54) is 23.2 Å². The van der Waals surface area contributed by atoms with Crippen molar-refractivity contribution in [2.24, 2.45) is 0 Å². The number of halogens is 2. The van der Waals surface area contributed by atoms with Crippen molar-refractivity contribution in [3.05, 3.63) is 59.3 Å². The molecule has 0 spiro atoms. The topological polar surface area (TPSA) is 62.3 Å². The average Bonchev–Trinajstić information content (AvgIpc) is 2.59. The van der Waals surface area contributed by atoms with Gasteiger partial charge in [-0.1, -0.05) is 12.1 Å². The molecule has 132 valence electrons. The molecule has 0 unspecified atom stereocenters. The number of hydrogen-bond acceptors (Lipinski definition) is 4. The summed E-state index contributed by atoms with van der Waals surface area (Å²) in [6, 6.07) is 9.78. The molecule has 0 atom stereocenters. The Morgan fingerprint density at radius 3 is 2.48 bits per heavy atom. The van der Waals surface area contributed by atoms with Gasteiger partial charge in [0.1, 0.15) is 5.03 Å². The molecule has 1 aromatic heterocycles. The third-order valence-electron chi connectivity index (χ3n) is 3.28. The second kappa shape index (κ2) is 8.57. The van der Waals surface area contributed by atoms with Gasteiger partial charge in [0, 0.05) is 32.4 Å². The van der Waals surface area contributed by atoms with Gasteiger partial charge in [-0.15, -0.1) is 0 Å². The summed E-state index contributed by atoms with van der Waals surface area (Å²) in [6.07, 6.45) is 1.36. The van der Waals surface area contributed by atoms with Gasteiger partial charge in [0.25, 0.3) is 17.6 Å². The van der Waals surface area contributed by atoms with Crippen LogP contribution in [0.25, 0.3) is 0 Å². The minimum atomic E-state index is -2.65. The number of aromatic nitrogens is 1. The quantitative estimate of drug-likeness (QED) is 0.800. The molecule has 2 rings (SSSR count). The maximum absolute atomic E-state index is 12.5. The summed E-state index contributed by atoms with van der Waals surface area (Å²) in [6.45, 7) is 0.211. The molecule has 2 aromatic rings. The van der Waals surface area contributed by atoms with Crippen LogP contribution in [0.1, 0.15) is 26.3 Å². The molecule has 0 saturated heterocycles. The summed E-state index contributed by atoms with van der Waals surface area (Å²) in [5, 5.41) is 2.66. The van der Waals surface area contributed by atoms with E-state index in [1.54, 1.807) is 38.4 Å². The Morgan fingerprint density at radius 2 is 1.88 bits per heavy atom. The zero-order valence-electron chi connectivity index (χ0n) is 13.7. The summed E-state index contributed by atoms with van der Waals surface area (Å²) in [7, 11) is 3.33. The second-order valence-electron chi connectivity index (χ2n) is 5.31. The lowest BCUT2D eigenvalue weighted by atomic mass is 10.1. The highest BCUT2D eigenvalue weighted by Crippen LogP contribution is 2.26. The van der Waals surface area contributed by atoms with Gasteiger partial charge in [-0.2, -0.15) is 8.78 Å². The molecular formula is C17H17F2N3O2S. The van der Waals surface area contributed by atoms with Crippen LogP contribution >= 0.6 is 11.8 Å². The maximum Gasteiger partial charge on any atom is 0.290 e. The number of thioether (sulfide) groups is 1. The first kappa shape index (κ1) is 18.9. The van der Waals surface area contributed by atoms with Crippen LogP contribution in [0.2, 0.25) is 0 Å². The Kier molecular flexibility index (Phi) is 6.46. The molecule has 1 N–H and O–H groups in total.